The molecule has 2 aromatic rings. The Bertz CT molecular complexity index is 637. The molecule has 6 heteroatoms. The number of nitrogens with zero attached hydrogens (tertiary/aromatic N) is 2. The van der Waals surface area contributed by atoms with Crippen molar-refractivity contribution >= 4 is 11.9 Å². The van der Waals surface area contributed by atoms with Crippen LogP contribution in [0.1, 0.15) is 30.0 Å². The Labute approximate surface area is 128 Å². The number of benzene rings is 1. The summed E-state index contributed by atoms with van der Waals surface area (Å²) in [6.07, 6.45) is 4.32. The SMILES string of the molecule is Cn1cc(CCC(=O)N[C@@H](CC(=O)O)c2ccccc2)cn1. The van der Waals surface area contributed by atoms with Crippen molar-refractivity contribution in [3.8, 4) is 0 Å². The fourth-order valence-electron chi connectivity index (χ4n) is 2.24. The van der Waals surface area contributed by atoms with E-state index < -0.39 is 12.0 Å². The van der Waals surface area contributed by atoms with E-state index >= 15 is 0 Å². The summed E-state index contributed by atoms with van der Waals surface area (Å²) in [4.78, 5) is 23.0. The molecule has 1 amide bonds. The Balaban J connectivity index is 1.94. The largest absolute Gasteiger partial charge is 0.481 e. The smallest absolute Gasteiger partial charge is 0.305 e. The summed E-state index contributed by atoms with van der Waals surface area (Å²) in [6, 6.07) is 8.62. The lowest BCUT2D eigenvalue weighted by molar-refractivity contribution is -0.137. The number of hydrogen-bond donors (Lipinski definition) is 2. The molecule has 0 saturated heterocycles. The van der Waals surface area contributed by atoms with Crippen LogP contribution in [-0.4, -0.2) is 26.8 Å². The van der Waals surface area contributed by atoms with E-state index in [1.807, 2.05) is 43.6 Å². The predicted octanol–water partition coefficient (Wildman–Crippen LogP) is 1.68. The van der Waals surface area contributed by atoms with Crippen LogP contribution in [0.15, 0.2) is 42.7 Å². The minimum absolute atomic E-state index is 0.136. The first-order valence-electron chi connectivity index (χ1n) is 7.08. The standard InChI is InChI=1S/C16H19N3O3/c1-19-11-12(10-17-19)7-8-15(20)18-14(9-16(21)22)13-5-3-2-4-6-13/h2-6,10-11,14H,7-9H2,1H3,(H,18,20)(H,21,22)/t14-/m0/s1. The molecule has 0 spiro atoms. The first kappa shape index (κ1) is 15.8. The Morgan fingerprint density at radius 3 is 2.64 bits per heavy atom. The molecular formula is C16H19N3O3. The number of carbonyl (C=O) groups is 2. The molecule has 0 radical (unpaired) electrons. The average Bonchev–Trinajstić information content (AvgIpc) is 2.91. The lowest BCUT2D eigenvalue weighted by Gasteiger charge is -2.17. The molecule has 0 unspecified atom stereocenters. The predicted molar refractivity (Wildman–Crippen MR) is 81.1 cm³/mol. The summed E-state index contributed by atoms with van der Waals surface area (Å²) in [5, 5.41) is 15.9. The van der Waals surface area contributed by atoms with Crippen molar-refractivity contribution in [1.82, 2.24) is 15.1 Å². The highest BCUT2D eigenvalue weighted by atomic mass is 16.4. The van der Waals surface area contributed by atoms with Crippen molar-refractivity contribution in [3.63, 3.8) is 0 Å². The molecule has 1 atom stereocenters. The highest BCUT2D eigenvalue weighted by Crippen LogP contribution is 2.16. The number of nitrogens with one attached hydrogen (secondary N) is 1. The molecule has 0 aliphatic heterocycles. The topological polar surface area (TPSA) is 84.2 Å². The molecule has 1 heterocycles. The molecule has 0 aliphatic rings. The molecule has 0 aliphatic carbocycles. The Morgan fingerprint density at radius 1 is 1.32 bits per heavy atom. The van der Waals surface area contributed by atoms with E-state index in [0.717, 1.165) is 11.1 Å². The first-order chi connectivity index (χ1) is 10.5. The maximum atomic E-state index is 12.1. The Kier molecular flexibility index (Phi) is 5.30. The zero-order chi connectivity index (χ0) is 15.9. The number of rotatable bonds is 7. The molecule has 0 saturated carbocycles. The number of carboxylic acids is 1. The Hall–Kier alpha value is -2.63. The molecule has 116 valence electrons. The van der Waals surface area contributed by atoms with Crippen LogP contribution in [0.2, 0.25) is 0 Å². The lowest BCUT2D eigenvalue weighted by atomic mass is 10.0. The summed E-state index contributed by atoms with van der Waals surface area (Å²) in [6.45, 7) is 0. The van der Waals surface area contributed by atoms with E-state index in [-0.39, 0.29) is 12.3 Å². The molecule has 2 rings (SSSR count). The van der Waals surface area contributed by atoms with Crippen molar-refractivity contribution < 1.29 is 14.7 Å². The van der Waals surface area contributed by atoms with Gasteiger partial charge in [0.1, 0.15) is 0 Å². The van der Waals surface area contributed by atoms with Gasteiger partial charge in [-0.2, -0.15) is 5.10 Å². The van der Waals surface area contributed by atoms with Gasteiger partial charge in [0.2, 0.25) is 5.91 Å². The van der Waals surface area contributed by atoms with E-state index in [4.69, 9.17) is 5.11 Å². The van der Waals surface area contributed by atoms with Crippen LogP contribution in [-0.2, 0) is 23.1 Å². The third-order valence-corrected chi connectivity index (χ3v) is 3.31. The average molecular weight is 301 g/mol. The summed E-state index contributed by atoms with van der Waals surface area (Å²) < 4.78 is 1.68. The van der Waals surface area contributed by atoms with Crippen LogP contribution in [0, 0.1) is 0 Å². The fraction of sp³-hybridized carbons (Fsp3) is 0.312. The van der Waals surface area contributed by atoms with Gasteiger partial charge < -0.3 is 10.4 Å². The second kappa shape index (κ2) is 7.40. The number of amides is 1. The zero-order valence-electron chi connectivity index (χ0n) is 12.4. The van der Waals surface area contributed by atoms with Crippen LogP contribution < -0.4 is 5.32 Å². The third kappa shape index (κ3) is 4.73. The second-order valence-corrected chi connectivity index (χ2v) is 5.15. The number of hydrogen-bond acceptors (Lipinski definition) is 3. The van der Waals surface area contributed by atoms with Crippen LogP contribution in [0.4, 0.5) is 0 Å². The van der Waals surface area contributed by atoms with Crippen molar-refractivity contribution in [2.24, 2.45) is 7.05 Å². The van der Waals surface area contributed by atoms with E-state index in [9.17, 15) is 9.59 Å². The summed E-state index contributed by atoms with van der Waals surface area (Å²) >= 11 is 0. The molecule has 1 aromatic carbocycles. The highest BCUT2D eigenvalue weighted by molar-refractivity contribution is 5.78. The van der Waals surface area contributed by atoms with Gasteiger partial charge in [0.25, 0.3) is 0 Å². The van der Waals surface area contributed by atoms with Gasteiger partial charge in [-0.05, 0) is 17.5 Å². The van der Waals surface area contributed by atoms with E-state index in [1.54, 1.807) is 10.9 Å². The van der Waals surface area contributed by atoms with Crippen LogP contribution >= 0.6 is 0 Å². The Morgan fingerprint density at radius 2 is 2.05 bits per heavy atom. The normalized spacial score (nSPS) is 11.9. The number of aromatic nitrogens is 2. The maximum Gasteiger partial charge on any atom is 0.305 e. The van der Waals surface area contributed by atoms with Crippen molar-refractivity contribution in [3.05, 3.63) is 53.9 Å². The molecule has 0 bridgehead atoms. The minimum atomic E-state index is -0.943. The molecule has 6 nitrogen and oxygen atoms in total. The second-order valence-electron chi connectivity index (χ2n) is 5.15. The minimum Gasteiger partial charge on any atom is -0.481 e. The zero-order valence-corrected chi connectivity index (χ0v) is 12.4. The van der Waals surface area contributed by atoms with Gasteiger partial charge in [0, 0.05) is 19.7 Å². The number of aliphatic carboxylic acids is 1. The summed E-state index contributed by atoms with van der Waals surface area (Å²) in [5.41, 5.74) is 1.77. The number of aryl methyl sites for hydroxylation is 2. The van der Waals surface area contributed by atoms with Crippen molar-refractivity contribution in [1.29, 1.82) is 0 Å². The van der Waals surface area contributed by atoms with Crippen molar-refractivity contribution in [2.75, 3.05) is 0 Å². The van der Waals surface area contributed by atoms with Gasteiger partial charge in [0.05, 0.1) is 18.7 Å². The van der Waals surface area contributed by atoms with Crippen LogP contribution in [0.3, 0.4) is 0 Å². The van der Waals surface area contributed by atoms with Gasteiger partial charge in [-0.25, -0.2) is 0 Å². The molecule has 0 fully saturated rings. The highest BCUT2D eigenvalue weighted by Gasteiger charge is 2.17. The quantitative estimate of drug-likeness (QED) is 0.815. The summed E-state index contributed by atoms with van der Waals surface area (Å²) in [5.74, 6) is -1.11. The lowest BCUT2D eigenvalue weighted by Crippen LogP contribution is -2.30. The molecule has 2 N–H and O–H groups in total. The first-order valence-corrected chi connectivity index (χ1v) is 7.08. The number of carbonyl (C=O) groups excluding carboxylic acids is 1. The molecule has 1 aromatic heterocycles. The van der Waals surface area contributed by atoms with Crippen LogP contribution in [0.5, 0.6) is 0 Å². The fourth-order valence-corrected chi connectivity index (χ4v) is 2.24. The van der Waals surface area contributed by atoms with Gasteiger partial charge in [-0.1, -0.05) is 30.3 Å². The monoisotopic (exact) mass is 301 g/mol. The van der Waals surface area contributed by atoms with Gasteiger partial charge in [-0.3, -0.25) is 14.3 Å². The van der Waals surface area contributed by atoms with Gasteiger partial charge >= 0.3 is 5.97 Å². The summed E-state index contributed by atoms with van der Waals surface area (Å²) in [7, 11) is 1.82. The van der Waals surface area contributed by atoms with E-state index in [1.165, 1.54) is 0 Å². The maximum absolute atomic E-state index is 12.1. The van der Waals surface area contributed by atoms with Crippen LogP contribution in [0.25, 0.3) is 0 Å². The van der Waals surface area contributed by atoms with E-state index in [0.29, 0.717) is 12.8 Å². The van der Waals surface area contributed by atoms with Crippen molar-refractivity contribution in [2.45, 2.75) is 25.3 Å². The third-order valence-electron chi connectivity index (χ3n) is 3.31. The molecular weight excluding hydrogens is 282 g/mol. The van der Waals surface area contributed by atoms with E-state index in [2.05, 4.69) is 10.4 Å². The molecule has 22 heavy (non-hydrogen) atoms. The van der Waals surface area contributed by atoms with Gasteiger partial charge in [-0.15, -0.1) is 0 Å². The van der Waals surface area contributed by atoms with Gasteiger partial charge in [0.15, 0.2) is 0 Å². The number of carboxylic acid groups (broad SMARTS) is 1.